The van der Waals surface area contributed by atoms with Gasteiger partial charge in [0.25, 0.3) is 5.91 Å². The average Bonchev–Trinajstić information content (AvgIpc) is 2.48. The van der Waals surface area contributed by atoms with Gasteiger partial charge in [0.05, 0.1) is 0 Å². The summed E-state index contributed by atoms with van der Waals surface area (Å²) in [6.45, 7) is 1.44. The van der Waals surface area contributed by atoms with E-state index in [0.717, 1.165) is 0 Å². The van der Waals surface area contributed by atoms with Crippen molar-refractivity contribution >= 4 is 17.6 Å². The van der Waals surface area contributed by atoms with Gasteiger partial charge in [0.15, 0.2) is 12.3 Å². The zero-order chi connectivity index (χ0) is 15.2. The van der Waals surface area contributed by atoms with Crippen LogP contribution in [0.2, 0.25) is 0 Å². The van der Waals surface area contributed by atoms with Gasteiger partial charge in [-0.25, -0.2) is 4.79 Å². The van der Waals surface area contributed by atoms with Crippen molar-refractivity contribution in [1.82, 2.24) is 0 Å². The lowest BCUT2D eigenvalue weighted by Crippen LogP contribution is -2.37. The first-order chi connectivity index (χ1) is 10.1. The summed E-state index contributed by atoms with van der Waals surface area (Å²) in [5, 5.41) is 14.0. The minimum Gasteiger partial charge on any atom is -0.618 e. The summed E-state index contributed by atoms with van der Waals surface area (Å²) in [5.41, 5.74) is 0.431. The minimum absolute atomic E-state index is 0.170. The van der Waals surface area contributed by atoms with Crippen molar-refractivity contribution in [3.8, 4) is 0 Å². The predicted molar refractivity (Wildman–Crippen MR) is 75.4 cm³/mol. The maximum absolute atomic E-state index is 11.9. The highest BCUT2D eigenvalue weighted by Crippen LogP contribution is 2.07. The summed E-state index contributed by atoms with van der Waals surface area (Å²) in [6, 6.07) is 13.2. The van der Waals surface area contributed by atoms with Gasteiger partial charge in [0.1, 0.15) is 0 Å². The lowest BCUT2D eigenvalue weighted by molar-refractivity contribution is -0.608. The molecule has 1 aromatic carbocycles. The van der Waals surface area contributed by atoms with E-state index in [-0.39, 0.29) is 5.69 Å². The second-order valence-electron chi connectivity index (χ2n) is 4.31. The van der Waals surface area contributed by atoms with Crippen LogP contribution in [-0.2, 0) is 9.53 Å². The van der Waals surface area contributed by atoms with Crippen LogP contribution in [0.3, 0.4) is 0 Å². The lowest BCUT2D eigenvalue weighted by Gasteiger charge is -2.13. The number of nitrogens with zero attached hydrogens (tertiary/aromatic N) is 1. The number of anilines is 1. The first-order valence-corrected chi connectivity index (χ1v) is 6.33. The standard InChI is InChI=1S/C15H14N2O4/c1-11(14(18)16-12-7-3-2-4-8-12)21-15(19)13-9-5-6-10-17(13)20/h2-11H,1H3,(H,16,18)/t11-/m1/s1. The van der Waals surface area contributed by atoms with Crippen molar-refractivity contribution < 1.29 is 19.1 Å². The molecule has 0 saturated carbocycles. The Kier molecular flexibility index (Phi) is 4.50. The monoisotopic (exact) mass is 286 g/mol. The van der Waals surface area contributed by atoms with Crippen LogP contribution >= 0.6 is 0 Å². The van der Waals surface area contributed by atoms with Gasteiger partial charge in [0.2, 0.25) is 0 Å². The molecule has 0 radical (unpaired) electrons. The molecular weight excluding hydrogens is 272 g/mol. The van der Waals surface area contributed by atoms with E-state index in [4.69, 9.17) is 4.74 Å². The summed E-state index contributed by atoms with van der Waals surface area (Å²) in [7, 11) is 0. The van der Waals surface area contributed by atoms with E-state index in [1.165, 1.54) is 25.3 Å². The third-order valence-electron chi connectivity index (χ3n) is 2.73. The number of pyridine rings is 1. The smallest absolute Gasteiger partial charge is 0.405 e. The number of para-hydroxylation sites is 1. The van der Waals surface area contributed by atoms with Gasteiger partial charge < -0.3 is 15.3 Å². The average molecular weight is 286 g/mol. The van der Waals surface area contributed by atoms with Gasteiger partial charge in [-0.15, -0.1) is 0 Å². The summed E-state index contributed by atoms with van der Waals surface area (Å²) in [4.78, 5) is 23.7. The molecule has 0 fully saturated rings. The third-order valence-corrected chi connectivity index (χ3v) is 2.73. The number of nitrogens with one attached hydrogen (secondary N) is 1. The first kappa shape index (κ1) is 14.5. The second-order valence-corrected chi connectivity index (χ2v) is 4.31. The maximum Gasteiger partial charge on any atom is 0.405 e. The van der Waals surface area contributed by atoms with Gasteiger partial charge >= 0.3 is 11.7 Å². The van der Waals surface area contributed by atoms with E-state index in [1.54, 1.807) is 30.3 Å². The van der Waals surface area contributed by atoms with Crippen molar-refractivity contribution in [2.45, 2.75) is 13.0 Å². The summed E-state index contributed by atoms with van der Waals surface area (Å²) < 4.78 is 5.37. The molecule has 2 rings (SSSR count). The number of carbonyl (C=O) groups excluding carboxylic acids is 2. The third kappa shape index (κ3) is 3.79. The summed E-state index contributed by atoms with van der Waals surface area (Å²) in [5.74, 6) is -1.32. The molecule has 1 heterocycles. The van der Waals surface area contributed by atoms with Gasteiger partial charge in [-0.1, -0.05) is 18.2 Å². The molecule has 21 heavy (non-hydrogen) atoms. The number of ether oxygens (including phenoxy) is 1. The van der Waals surface area contributed by atoms with Crippen LogP contribution in [0.1, 0.15) is 17.4 Å². The van der Waals surface area contributed by atoms with Crippen LogP contribution in [0.15, 0.2) is 54.7 Å². The van der Waals surface area contributed by atoms with Crippen LogP contribution in [-0.4, -0.2) is 18.0 Å². The van der Waals surface area contributed by atoms with Crippen molar-refractivity contribution in [2.75, 3.05) is 5.32 Å². The van der Waals surface area contributed by atoms with Crippen LogP contribution in [0.4, 0.5) is 5.69 Å². The van der Waals surface area contributed by atoms with E-state index < -0.39 is 18.0 Å². The lowest BCUT2D eigenvalue weighted by atomic mass is 10.3. The first-order valence-electron chi connectivity index (χ1n) is 6.33. The molecule has 0 aliphatic heterocycles. The fraction of sp³-hybridized carbons (Fsp3) is 0.133. The van der Waals surface area contributed by atoms with E-state index in [2.05, 4.69) is 5.32 Å². The molecule has 6 nitrogen and oxygen atoms in total. The maximum atomic E-state index is 11.9. The van der Waals surface area contributed by atoms with Gasteiger partial charge in [-0.05, 0) is 25.1 Å². The molecule has 1 N–H and O–H groups in total. The number of hydrogen-bond donors (Lipinski definition) is 1. The molecular formula is C15H14N2O4. The highest BCUT2D eigenvalue weighted by atomic mass is 16.6. The van der Waals surface area contributed by atoms with Crippen molar-refractivity contribution in [1.29, 1.82) is 0 Å². The number of carbonyl (C=O) groups is 2. The molecule has 0 aliphatic rings. The zero-order valence-electron chi connectivity index (χ0n) is 11.4. The molecule has 0 aliphatic carbocycles. The van der Waals surface area contributed by atoms with Crippen LogP contribution in [0.25, 0.3) is 0 Å². The molecule has 1 atom stereocenters. The molecule has 0 saturated heterocycles. The van der Waals surface area contributed by atoms with Crippen molar-refractivity contribution in [3.05, 3.63) is 65.6 Å². The van der Waals surface area contributed by atoms with Crippen LogP contribution in [0, 0.1) is 5.21 Å². The number of aromatic nitrogens is 1. The summed E-state index contributed by atoms with van der Waals surface area (Å²) in [6.07, 6.45) is 0.170. The van der Waals surface area contributed by atoms with E-state index in [0.29, 0.717) is 10.4 Å². The summed E-state index contributed by atoms with van der Waals surface area (Å²) >= 11 is 0. The normalized spacial score (nSPS) is 11.5. The fourth-order valence-electron chi connectivity index (χ4n) is 1.63. The van der Waals surface area contributed by atoms with Crippen molar-refractivity contribution in [3.63, 3.8) is 0 Å². The van der Waals surface area contributed by atoms with Crippen LogP contribution in [0.5, 0.6) is 0 Å². The predicted octanol–water partition coefficient (Wildman–Crippen LogP) is 1.50. The second kappa shape index (κ2) is 6.51. The molecule has 108 valence electrons. The molecule has 6 heteroatoms. The van der Waals surface area contributed by atoms with Gasteiger partial charge in [-0.2, -0.15) is 4.73 Å². The van der Waals surface area contributed by atoms with Crippen molar-refractivity contribution in [2.24, 2.45) is 0 Å². The van der Waals surface area contributed by atoms with E-state index in [1.807, 2.05) is 6.07 Å². The molecule has 0 bridgehead atoms. The topological polar surface area (TPSA) is 82.3 Å². The number of esters is 1. The van der Waals surface area contributed by atoms with E-state index in [9.17, 15) is 14.8 Å². The largest absolute Gasteiger partial charge is 0.618 e. The number of amides is 1. The van der Waals surface area contributed by atoms with E-state index >= 15 is 0 Å². The molecule has 0 spiro atoms. The van der Waals surface area contributed by atoms with Gasteiger partial charge in [0, 0.05) is 17.8 Å². The Morgan fingerprint density at radius 1 is 1.14 bits per heavy atom. The highest BCUT2D eigenvalue weighted by Gasteiger charge is 2.23. The minimum atomic E-state index is -1.02. The highest BCUT2D eigenvalue weighted by molar-refractivity contribution is 5.96. The number of benzene rings is 1. The Labute approximate surface area is 121 Å². The Hall–Kier alpha value is -2.89. The molecule has 1 amide bonds. The Balaban J connectivity index is 1.98. The number of rotatable bonds is 4. The SMILES string of the molecule is C[C@@H](OC(=O)c1cccc[n+]1[O-])C(=O)Nc1ccccc1. The fourth-order valence-corrected chi connectivity index (χ4v) is 1.63. The molecule has 2 aromatic rings. The zero-order valence-corrected chi connectivity index (χ0v) is 11.4. The Bertz CT molecular complexity index is 643. The van der Waals surface area contributed by atoms with Gasteiger partial charge in [-0.3, -0.25) is 4.79 Å². The Morgan fingerprint density at radius 3 is 2.48 bits per heavy atom. The number of hydrogen-bond acceptors (Lipinski definition) is 4. The van der Waals surface area contributed by atoms with Crippen LogP contribution < -0.4 is 10.0 Å². The quantitative estimate of drug-likeness (QED) is 0.524. The Morgan fingerprint density at radius 2 is 1.81 bits per heavy atom. The molecule has 1 aromatic heterocycles. The molecule has 0 unspecified atom stereocenters.